The predicted molar refractivity (Wildman–Crippen MR) is 159 cm³/mol. The minimum Gasteiger partial charge on any atom is -0.0877 e. The zero-order valence-electron chi connectivity index (χ0n) is 20.9. The molecular weight excluding hydrogens is 432 g/mol. The van der Waals surface area contributed by atoms with Gasteiger partial charge < -0.3 is 0 Å². The fourth-order valence-corrected chi connectivity index (χ4v) is 4.72. The van der Waals surface area contributed by atoms with Crippen LogP contribution in [-0.2, 0) is 0 Å². The maximum absolute atomic E-state index is 2.32. The van der Waals surface area contributed by atoms with E-state index in [1.807, 2.05) is 13.0 Å². The number of rotatable bonds is 5. The van der Waals surface area contributed by atoms with Gasteiger partial charge >= 0.3 is 0 Å². The molecule has 36 heavy (non-hydrogen) atoms. The molecule has 0 amide bonds. The van der Waals surface area contributed by atoms with Gasteiger partial charge in [-0.05, 0) is 80.2 Å². The molecule has 0 spiro atoms. The van der Waals surface area contributed by atoms with Crippen molar-refractivity contribution in [2.45, 2.75) is 13.8 Å². The quantitative estimate of drug-likeness (QED) is 0.229. The Morgan fingerprint density at radius 3 is 1.86 bits per heavy atom. The molecule has 5 rings (SSSR count). The van der Waals surface area contributed by atoms with Crippen LogP contribution in [0.3, 0.4) is 0 Å². The fraction of sp³-hybridized carbons (Fsp3) is 0.0556. The first-order chi connectivity index (χ1) is 17.8. The molecule has 0 N–H and O–H groups in total. The Bertz CT molecular complexity index is 1730. The minimum absolute atomic E-state index is 1.21. The Balaban J connectivity index is 1.69. The van der Waals surface area contributed by atoms with Crippen molar-refractivity contribution in [2.24, 2.45) is 0 Å². The van der Waals surface area contributed by atoms with Gasteiger partial charge in [0.25, 0.3) is 0 Å². The first-order valence-corrected chi connectivity index (χ1v) is 12.5. The third kappa shape index (κ3) is 4.85. The molecule has 0 bridgehead atoms. The van der Waals surface area contributed by atoms with Gasteiger partial charge in [0.15, 0.2) is 0 Å². The molecule has 0 aliphatic carbocycles. The summed E-state index contributed by atoms with van der Waals surface area (Å²) in [6.07, 6.45) is 17.0. The number of allylic oxidation sites excluding steroid dienone is 6. The summed E-state index contributed by atoms with van der Waals surface area (Å²) < 4.78 is 0. The van der Waals surface area contributed by atoms with Gasteiger partial charge in [-0.1, -0.05) is 134 Å². The van der Waals surface area contributed by atoms with E-state index in [0.29, 0.717) is 0 Å². The summed E-state index contributed by atoms with van der Waals surface area (Å²) in [5.41, 5.74) is 4.91. The molecule has 0 nitrogen and oxygen atoms in total. The molecule has 174 valence electrons. The van der Waals surface area contributed by atoms with Crippen LogP contribution >= 0.6 is 0 Å². The van der Waals surface area contributed by atoms with Crippen molar-refractivity contribution < 1.29 is 0 Å². The average Bonchev–Trinajstić information content (AvgIpc) is 2.94. The maximum atomic E-state index is 2.32. The van der Waals surface area contributed by atoms with Gasteiger partial charge in [-0.3, -0.25) is 0 Å². The van der Waals surface area contributed by atoms with Crippen molar-refractivity contribution in [3.05, 3.63) is 144 Å². The Morgan fingerprint density at radius 2 is 1.08 bits per heavy atom. The van der Waals surface area contributed by atoms with Crippen molar-refractivity contribution in [3.8, 4) is 22.3 Å². The van der Waals surface area contributed by atoms with Crippen LogP contribution in [0.4, 0.5) is 0 Å². The first-order valence-electron chi connectivity index (χ1n) is 12.5. The Kier molecular flexibility index (Phi) is 7.05. The molecule has 0 atom stereocenters. The Morgan fingerprint density at radius 1 is 0.444 bits per heavy atom. The average molecular weight is 463 g/mol. The van der Waals surface area contributed by atoms with Gasteiger partial charge in [0.2, 0.25) is 0 Å². The molecule has 0 saturated carbocycles. The molecule has 0 radical (unpaired) electrons. The van der Waals surface area contributed by atoms with Crippen molar-refractivity contribution in [3.63, 3.8) is 0 Å². The van der Waals surface area contributed by atoms with Crippen LogP contribution in [0.2, 0.25) is 0 Å². The summed E-state index contributed by atoms with van der Waals surface area (Å²) >= 11 is 0. The summed E-state index contributed by atoms with van der Waals surface area (Å²) in [4.78, 5) is 0. The van der Waals surface area contributed by atoms with Crippen molar-refractivity contribution >= 4 is 33.7 Å². The van der Waals surface area contributed by atoms with Crippen LogP contribution < -0.4 is 10.4 Å². The van der Waals surface area contributed by atoms with Gasteiger partial charge in [-0.25, -0.2) is 0 Å². The second-order valence-corrected chi connectivity index (χ2v) is 8.88. The molecule has 0 aliphatic rings. The highest BCUT2D eigenvalue weighted by Crippen LogP contribution is 2.27. The second kappa shape index (κ2) is 10.9. The third-order valence-corrected chi connectivity index (χ3v) is 6.54. The van der Waals surface area contributed by atoms with E-state index in [2.05, 4.69) is 147 Å². The van der Waals surface area contributed by atoms with E-state index < -0.39 is 0 Å². The van der Waals surface area contributed by atoms with Crippen LogP contribution in [0, 0.1) is 0 Å². The topological polar surface area (TPSA) is 0 Å². The van der Waals surface area contributed by atoms with E-state index >= 15 is 0 Å². The van der Waals surface area contributed by atoms with E-state index in [1.54, 1.807) is 0 Å². The Hall–Kier alpha value is -4.42. The SMILES string of the molecule is C\C=C/C=C\C=c1\c(-c2ccc(-c3ccc4ccccc4c3)cc2)cc2ccccc2\c1=C/C=C/C. The van der Waals surface area contributed by atoms with E-state index in [9.17, 15) is 0 Å². The van der Waals surface area contributed by atoms with Gasteiger partial charge in [0, 0.05) is 0 Å². The van der Waals surface area contributed by atoms with Crippen LogP contribution in [0.15, 0.2) is 134 Å². The lowest BCUT2D eigenvalue weighted by atomic mass is 9.94. The molecule has 0 unspecified atom stereocenters. The molecule has 0 aliphatic heterocycles. The second-order valence-electron chi connectivity index (χ2n) is 8.88. The molecule has 5 aromatic carbocycles. The van der Waals surface area contributed by atoms with Gasteiger partial charge in [0.1, 0.15) is 0 Å². The van der Waals surface area contributed by atoms with Crippen molar-refractivity contribution in [1.29, 1.82) is 0 Å². The summed E-state index contributed by atoms with van der Waals surface area (Å²) in [6, 6.07) is 35.2. The number of fused-ring (bicyclic) bond motifs is 2. The normalized spacial score (nSPS) is 13.3. The Labute approximate surface area is 213 Å². The van der Waals surface area contributed by atoms with Crippen LogP contribution in [0.5, 0.6) is 0 Å². The molecule has 5 aromatic rings. The van der Waals surface area contributed by atoms with E-state index in [-0.39, 0.29) is 0 Å². The van der Waals surface area contributed by atoms with Gasteiger partial charge in [-0.15, -0.1) is 0 Å². The molecule has 0 heterocycles. The summed E-state index contributed by atoms with van der Waals surface area (Å²) in [5.74, 6) is 0. The van der Waals surface area contributed by atoms with Crippen LogP contribution in [0.25, 0.3) is 56.0 Å². The molecule has 0 aromatic heterocycles. The highest BCUT2D eigenvalue weighted by molar-refractivity contribution is 5.90. The zero-order valence-corrected chi connectivity index (χ0v) is 20.9. The lowest BCUT2D eigenvalue weighted by Gasteiger charge is -2.10. The lowest BCUT2D eigenvalue weighted by molar-refractivity contribution is 1.54. The smallest absolute Gasteiger partial charge is 0.00990 e. The number of hydrogen-bond acceptors (Lipinski definition) is 0. The molecule has 0 fully saturated rings. The highest BCUT2D eigenvalue weighted by atomic mass is 14.1. The lowest BCUT2D eigenvalue weighted by Crippen LogP contribution is -2.27. The first kappa shape index (κ1) is 23.3. The number of hydrogen-bond donors (Lipinski definition) is 0. The summed E-state index contributed by atoms with van der Waals surface area (Å²) in [5, 5.41) is 7.51. The van der Waals surface area contributed by atoms with Crippen molar-refractivity contribution in [2.75, 3.05) is 0 Å². The van der Waals surface area contributed by atoms with Crippen molar-refractivity contribution in [1.82, 2.24) is 0 Å². The third-order valence-electron chi connectivity index (χ3n) is 6.54. The standard InChI is InChI=1S/C36H30/c1-3-5-7-8-18-35-34(16-6-4-2)33-17-12-11-15-32(33)26-36(35)29-22-19-28(20-23-29)31-24-21-27-13-9-10-14-30(27)25-31/h3-26H,1-2H3/b5-3-,6-4+,8-7-,34-16+,35-18+. The van der Waals surface area contributed by atoms with Gasteiger partial charge in [-0.2, -0.15) is 0 Å². The monoisotopic (exact) mass is 462 g/mol. The van der Waals surface area contributed by atoms with E-state index in [0.717, 1.165) is 0 Å². The van der Waals surface area contributed by atoms with Crippen LogP contribution in [-0.4, -0.2) is 0 Å². The number of benzene rings is 5. The van der Waals surface area contributed by atoms with E-state index in [1.165, 1.54) is 54.2 Å². The fourth-order valence-electron chi connectivity index (χ4n) is 4.72. The molecule has 0 saturated heterocycles. The largest absolute Gasteiger partial charge is 0.0877 e. The zero-order chi connectivity index (χ0) is 24.7. The maximum Gasteiger partial charge on any atom is -0.00990 e. The van der Waals surface area contributed by atoms with Gasteiger partial charge in [0.05, 0.1) is 0 Å². The predicted octanol–water partition coefficient (Wildman–Crippen LogP) is 8.60. The van der Waals surface area contributed by atoms with Crippen LogP contribution in [0.1, 0.15) is 13.8 Å². The summed E-state index contributed by atoms with van der Waals surface area (Å²) in [6.45, 7) is 4.09. The minimum atomic E-state index is 1.21. The van der Waals surface area contributed by atoms with E-state index in [4.69, 9.17) is 0 Å². The molecule has 0 heteroatoms. The summed E-state index contributed by atoms with van der Waals surface area (Å²) in [7, 11) is 0. The molecular formula is C36H30. The highest BCUT2D eigenvalue weighted by Gasteiger charge is 2.07.